The van der Waals surface area contributed by atoms with Crippen LogP contribution in [-0.4, -0.2) is 47.6 Å². The zero-order valence-corrected chi connectivity index (χ0v) is 13.3. The first kappa shape index (κ1) is 15.0. The molecule has 0 radical (unpaired) electrons. The molecule has 3 heterocycles. The zero-order valence-electron chi connectivity index (χ0n) is 13.3. The van der Waals surface area contributed by atoms with Gasteiger partial charge >= 0.3 is 0 Å². The van der Waals surface area contributed by atoms with Gasteiger partial charge in [0.15, 0.2) is 0 Å². The van der Waals surface area contributed by atoms with Crippen LogP contribution in [0.4, 0.5) is 5.69 Å². The maximum atomic E-state index is 4.30. The fourth-order valence-corrected chi connectivity index (χ4v) is 2.99. The molecular formula is C18H24N4. The normalized spacial score (nSPS) is 16.0. The lowest BCUT2D eigenvalue weighted by molar-refractivity contribution is 0.255. The highest BCUT2D eigenvalue weighted by Gasteiger charge is 2.16. The van der Waals surface area contributed by atoms with E-state index >= 15 is 0 Å². The van der Waals surface area contributed by atoms with Crippen molar-refractivity contribution >= 4 is 5.69 Å². The van der Waals surface area contributed by atoms with Crippen LogP contribution in [0.3, 0.4) is 0 Å². The molecule has 2 aromatic rings. The summed E-state index contributed by atoms with van der Waals surface area (Å²) >= 11 is 0. The minimum absolute atomic E-state index is 1.10. The van der Waals surface area contributed by atoms with Gasteiger partial charge in [-0.1, -0.05) is 6.07 Å². The lowest BCUT2D eigenvalue weighted by atomic mass is 10.1. The summed E-state index contributed by atoms with van der Waals surface area (Å²) in [7, 11) is 0. The molecule has 4 heteroatoms. The molecule has 1 aliphatic heterocycles. The van der Waals surface area contributed by atoms with E-state index in [0.717, 1.165) is 32.6 Å². The van der Waals surface area contributed by atoms with Gasteiger partial charge in [0.25, 0.3) is 0 Å². The highest BCUT2D eigenvalue weighted by molar-refractivity contribution is 5.46. The van der Waals surface area contributed by atoms with Crippen LogP contribution in [0.2, 0.25) is 0 Å². The Kier molecular flexibility index (Phi) is 5.01. The summed E-state index contributed by atoms with van der Waals surface area (Å²) in [6.07, 6.45) is 10.0. The molecule has 0 aliphatic carbocycles. The molecule has 0 bridgehead atoms. The van der Waals surface area contributed by atoms with Crippen molar-refractivity contribution in [2.24, 2.45) is 0 Å². The van der Waals surface area contributed by atoms with Crippen molar-refractivity contribution in [1.29, 1.82) is 0 Å². The molecular weight excluding hydrogens is 272 g/mol. The first-order valence-electron chi connectivity index (χ1n) is 8.09. The minimum Gasteiger partial charge on any atom is -0.368 e. The number of hydrogen-bond acceptors (Lipinski definition) is 4. The van der Waals surface area contributed by atoms with Crippen molar-refractivity contribution in [2.75, 3.05) is 37.6 Å². The van der Waals surface area contributed by atoms with E-state index < -0.39 is 0 Å². The van der Waals surface area contributed by atoms with Gasteiger partial charge in [-0.25, -0.2) is 0 Å². The summed E-state index contributed by atoms with van der Waals surface area (Å²) < 4.78 is 0. The van der Waals surface area contributed by atoms with Gasteiger partial charge in [0, 0.05) is 44.8 Å². The Morgan fingerprint density at radius 1 is 1.05 bits per heavy atom. The molecule has 0 unspecified atom stereocenters. The summed E-state index contributed by atoms with van der Waals surface area (Å²) in [5, 5.41) is 0. The molecule has 1 fully saturated rings. The molecule has 0 aromatic carbocycles. The average molecular weight is 296 g/mol. The van der Waals surface area contributed by atoms with Gasteiger partial charge in [0.1, 0.15) is 0 Å². The Morgan fingerprint density at radius 3 is 2.64 bits per heavy atom. The molecule has 0 atom stereocenters. The van der Waals surface area contributed by atoms with E-state index in [2.05, 4.69) is 38.8 Å². The van der Waals surface area contributed by atoms with E-state index in [4.69, 9.17) is 0 Å². The minimum atomic E-state index is 1.10. The lowest BCUT2D eigenvalue weighted by Gasteiger charge is -2.36. The largest absolute Gasteiger partial charge is 0.368 e. The van der Waals surface area contributed by atoms with Gasteiger partial charge in [-0.15, -0.1) is 0 Å². The molecule has 4 nitrogen and oxygen atoms in total. The number of aromatic nitrogens is 2. The van der Waals surface area contributed by atoms with Crippen LogP contribution < -0.4 is 4.90 Å². The van der Waals surface area contributed by atoms with Crippen LogP contribution in [0.1, 0.15) is 17.5 Å². The molecule has 116 valence electrons. The van der Waals surface area contributed by atoms with Crippen molar-refractivity contribution in [3.63, 3.8) is 0 Å². The predicted octanol–water partition coefficient (Wildman–Crippen LogP) is 2.54. The van der Waals surface area contributed by atoms with Crippen molar-refractivity contribution in [3.8, 4) is 0 Å². The monoisotopic (exact) mass is 296 g/mol. The molecule has 2 aromatic heterocycles. The second-order valence-corrected chi connectivity index (χ2v) is 6.01. The van der Waals surface area contributed by atoms with E-state index in [0.29, 0.717) is 0 Å². The molecule has 0 spiro atoms. The van der Waals surface area contributed by atoms with E-state index in [1.54, 1.807) is 0 Å². The van der Waals surface area contributed by atoms with Crippen LogP contribution in [0.25, 0.3) is 0 Å². The maximum Gasteiger partial charge on any atom is 0.0556 e. The summed E-state index contributed by atoms with van der Waals surface area (Å²) in [5.74, 6) is 0. The lowest BCUT2D eigenvalue weighted by Crippen LogP contribution is -2.46. The Bertz CT molecular complexity index is 577. The molecule has 0 N–H and O–H groups in total. The van der Waals surface area contributed by atoms with E-state index in [1.165, 1.54) is 29.8 Å². The number of rotatable bonds is 5. The van der Waals surface area contributed by atoms with Crippen LogP contribution in [0.5, 0.6) is 0 Å². The van der Waals surface area contributed by atoms with Crippen molar-refractivity contribution in [2.45, 2.75) is 19.8 Å². The smallest absolute Gasteiger partial charge is 0.0556 e. The van der Waals surface area contributed by atoms with Crippen LogP contribution in [0, 0.1) is 6.92 Å². The third-order valence-corrected chi connectivity index (χ3v) is 4.26. The SMILES string of the molecule is Cc1cncc(N2CCN(CCCc3cccnc3)CC2)c1. The van der Waals surface area contributed by atoms with Crippen molar-refractivity contribution in [3.05, 3.63) is 54.1 Å². The van der Waals surface area contributed by atoms with Crippen LogP contribution in [0.15, 0.2) is 43.0 Å². The number of aryl methyl sites for hydroxylation is 2. The van der Waals surface area contributed by atoms with Gasteiger partial charge < -0.3 is 4.90 Å². The molecule has 0 amide bonds. The molecule has 3 rings (SSSR count). The highest BCUT2D eigenvalue weighted by Crippen LogP contribution is 2.16. The number of nitrogens with zero attached hydrogens (tertiary/aromatic N) is 4. The fourth-order valence-electron chi connectivity index (χ4n) is 2.99. The average Bonchev–Trinajstić information content (AvgIpc) is 2.56. The molecule has 1 aliphatic rings. The second-order valence-electron chi connectivity index (χ2n) is 6.01. The summed E-state index contributed by atoms with van der Waals surface area (Å²) in [4.78, 5) is 13.5. The second kappa shape index (κ2) is 7.36. The van der Waals surface area contributed by atoms with Crippen LogP contribution >= 0.6 is 0 Å². The summed E-state index contributed by atoms with van der Waals surface area (Å²) in [6.45, 7) is 7.75. The highest BCUT2D eigenvalue weighted by atomic mass is 15.3. The Morgan fingerprint density at radius 2 is 1.91 bits per heavy atom. The first-order chi connectivity index (χ1) is 10.8. The van der Waals surface area contributed by atoms with Gasteiger partial charge in [0.2, 0.25) is 0 Å². The van der Waals surface area contributed by atoms with Crippen LogP contribution in [-0.2, 0) is 6.42 Å². The third-order valence-electron chi connectivity index (χ3n) is 4.26. The van der Waals surface area contributed by atoms with E-state index in [1.807, 2.05) is 30.9 Å². The number of hydrogen-bond donors (Lipinski definition) is 0. The van der Waals surface area contributed by atoms with Crippen molar-refractivity contribution in [1.82, 2.24) is 14.9 Å². The van der Waals surface area contributed by atoms with Gasteiger partial charge in [-0.3, -0.25) is 14.9 Å². The Labute approximate surface area is 132 Å². The molecule has 0 saturated carbocycles. The van der Waals surface area contributed by atoms with E-state index in [9.17, 15) is 0 Å². The van der Waals surface area contributed by atoms with Gasteiger partial charge in [-0.05, 0) is 49.6 Å². The molecule has 1 saturated heterocycles. The summed E-state index contributed by atoms with van der Waals surface area (Å²) in [5.41, 5.74) is 3.83. The number of anilines is 1. The van der Waals surface area contributed by atoms with Gasteiger partial charge in [0.05, 0.1) is 11.9 Å². The Hall–Kier alpha value is -1.94. The number of pyridine rings is 2. The molecule has 22 heavy (non-hydrogen) atoms. The quantitative estimate of drug-likeness (QED) is 0.849. The predicted molar refractivity (Wildman–Crippen MR) is 90.2 cm³/mol. The summed E-state index contributed by atoms with van der Waals surface area (Å²) in [6, 6.07) is 6.41. The maximum absolute atomic E-state index is 4.30. The van der Waals surface area contributed by atoms with Crippen molar-refractivity contribution < 1.29 is 0 Å². The van der Waals surface area contributed by atoms with E-state index in [-0.39, 0.29) is 0 Å². The first-order valence-corrected chi connectivity index (χ1v) is 8.09. The topological polar surface area (TPSA) is 32.3 Å². The third kappa shape index (κ3) is 4.04. The number of piperazine rings is 1. The van der Waals surface area contributed by atoms with Gasteiger partial charge in [-0.2, -0.15) is 0 Å². The zero-order chi connectivity index (χ0) is 15.2. The fraction of sp³-hybridized carbons (Fsp3) is 0.444. The standard InChI is InChI=1S/C18H24N4/c1-16-12-18(15-20-13-16)22-10-8-21(9-11-22)7-3-5-17-4-2-6-19-14-17/h2,4,6,12-15H,3,5,7-11H2,1H3. The Balaban J connectivity index is 1.42.